The lowest BCUT2D eigenvalue weighted by molar-refractivity contribution is 0.623. The molecule has 58 heavy (non-hydrogen) atoms. The molecule has 0 bridgehead atoms. The van der Waals surface area contributed by atoms with Crippen molar-refractivity contribution in [3.63, 3.8) is 0 Å². The van der Waals surface area contributed by atoms with Crippen LogP contribution in [0.4, 0.5) is 17.1 Å². The molecule has 0 N–H and O–H groups in total. The molecule has 0 fully saturated rings. The van der Waals surface area contributed by atoms with Crippen LogP contribution in [0.2, 0.25) is 0 Å². The zero-order valence-electron chi connectivity index (χ0n) is 31.7. The van der Waals surface area contributed by atoms with Crippen molar-refractivity contribution in [1.82, 2.24) is 0 Å². The van der Waals surface area contributed by atoms with Gasteiger partial charge in [0.2, 0.25) is 0 Å². The van der Waals surface area contributed by atoms with Gasteiger partial charge in [0.25, 0.3) is 0 Å². The summed E-state index contributed by atoms with van der Waals surface area (Å²) in [5.74, 6) is 0. The van der Waals surface area contributed by atoms with Crippen molar-refractivity contribution in [2.24, 2.45) is 0 Å². The van der Waals surface area contributed by atoms with E-state index in [4.69, 9.17) is 4.42 Å². The maximum Gasteiger partial charge on any atom is 0.135 e. The summed E-state index contributed by atoms with van der Waals surface area (Å²) in [5.41, 5.74) is 16.8. The van der Waals surface area contributed by atoms with Gasteiger partial charge < -0.3 is 9.32 Å². The molecule has 12 rings (SSSR count). The first-order valence-corrected chi connectivity index (χ1v) is 20.1. The standard InChI is InChI=1S/C56H37NO/c1-4-18-38(19-5-1)55(39-20-6-2-7-21-39)48-27-13-15-29-50(48)56(51-30-16-14-28-49(51)55)47-26-12-10-24-43(47)44-34-32-42(37-52(44)56)57(40-22-8-3-9-23-40)41-33-35-54-46(36-41)45-25-11-17-31-53(45)58-54/h1-37H. The van der Waals surface area contributed by atoms with Crippen LogP contribution in [0.3, 0.4) is 0 Å². The van der Waals surface area contributed by atoms with Crippen LogP contribution in [-0.2, 0) is 10.8 Å². The van der Waals surface area contributed by atoms with Crippen molar-refractivity contribution >= 4 is 39.0 Å². The Morgan fingerprint density at radius 3 is 1.41 bits per heavy atom. The molecule has 2 aliphatic rings. The van der Waals surface area contributed by atoms with Gasteiger partial charge in [0, 0.05) is 27.8 Å². The minimum atomic E-state index is -0.588. The highest BCUT2D eigenvalue weighted by molar-refractivity contribution is 6.06. The van der Waals surface area contributed by atoms with E-state index in [9.17, 15) is 0 Å². The molecular weight excluding hydrogens is 703 g/mol. The normalized spacial score (nSPS) is 14.1. The smallest absolute Gasteiger partial charge is 0.135 e. The third-order valence-corrected chi connectivity index (χ3v) is 12.8. The monoisotopic (exact) mass is 739 g/mol. The zero-order valence-corrected chi connectivity index (χ0v) is 31.7. The molecule has 0 saturated heterocycles. The first-order chi connectivity index (χ1) is 28.8. The quantitative estimate of drug-likeness (QED) is 0.175. The van der Waals surface area contributed by atoms with E-state index >= 15 is 0 Å². The van der Waals surface area contributed by atoms with E-state index in [0.717, 1.165) is 39.0 Å². The second-order valence-corrected chi connectivity index (χ2v) is 15.5. The Kier molecular flexibility index (Phi) is 7.09. The molecule has 9 aromatic carbocycles. The molecule has 2 heteroatoms. The Hall–Kier alpha value is -7.42. The predicted octanol–water partition coefficient (Wildman–Crippen LogP) is 14.1. The van der Waals surface area contributed by atoms with Crippen LogP contribution < -0.4 is 4.90 Å². The summed E-state index contributed by atoms with van der Waals surface area (Å²) in [7, 11) is 0. The van der Waals surface area contributed by atoms with E-state index in [2.05, 4.69) is 217 Å². The molecule has 10 aromatic rings. The van der Waals surface area contributed by atoms with Gasteiger partial charge >= 0.3 is 0 Å². The van der Waals surface area contributed by atoms with Crippen molar-refractivity contribution in [3.05, 3.63) is 269 Å². The maximum absolute atomic E-state index is 6.30. The summed E-state index contributed by atoms with van der Waals surface area (Å²) >= 11 is 0. The number of fused-ring (bicyclic) bond motifs is 12. The molecule has 2 nitrogen and oxygen atoms in total. The van der Waals surface area contributed by atoms with E-state index in [-0.39, 0.29) is 0 Å². The fourth-order valence-corrected chi connectivity index (χ4v) is 10.6. The van der Waals surface area contributed by atoms with Crippen molar-refractivity contribution < 1.29 is 4.42 Å². The topological polar surface area (TPSA) is 16.4 Å². The summed E-state index contributed by atoms with van der Waals surface area (Å²) in [6.07, 6.45) is 0. The van der Waals surface area contributed by atoms with Gasteiger partial charge in [-0.1, -0.05) is 176 Å². The highest BCUT2D eigenvalue weighted by atomic mass is 16.3. The predicted molar refractivity (Wildman–Crippen MR) is 238 cm³/mol. The molecule has 0 saturated carbocycles. The Morgan fingerprint density at radius 1 is 0.293 bits per heavy atom. The zero-order chi connectivity index (χ0) is 38.3. The first kappa shape index (κ1) is 32.8. The van der Waals surface area contributed by atoms with Gasteiger partial charge in [0.15, 0.2) is 0 Å². The Bertz CT molecular complexity index is 3090. The second kappa shape index (κ2) is 12.5. The first-order valence-electron chi connectivity index (χ1n) is 20.1. The second-order valence-electron chi connectivity index (χ2n) is 15.5. The number of para-hydroxylation sites is 2. The molecular formula is C56H37NO. The number of furan rings is 1. The van der Waals surface area contributed by atoms with Gasteiger partial charge in [0.05, 0.1) is 10.8 Å². The van der Waals surface area contributed by atoms with Crippen molar-refractivity contribution in [3.8, 4) is 11.1 Å². The van der Waals surface area contributed by atoms with E-state index < -0.39 is 10.8 Å². The van der Waals surface area contributed by atoms with Gasteiger partial charge in [-0.05, 0) is 104 Å². The van der Waals surface area contributed by atoms with E-state index in [1.54, 1.807) is 0 Å². The van der Waals surface area contributed by atoms with Crippen LogP contribution >= 0.6 is 0 Å². The lowest BCUT2D eigenvalue weighted by Gasteiger charge is -2.50. The van der Waals surface area contributed by atoms with Crippen LogP contribution in [0.1, 0.15) is 44.5 Å². The molecule has 0 radical (unpaired) electrons. The van der Waals surface area contributed by atoms with E-state index in [1.807, 2.05) is 12.1 Å². The summed E-state index contributed by atoms with van der Waals surface area (Å²) < 4.78 is 6.30. The average Bonchev–Trinajstić information content (AvgIpc) is 3.81. The Morgan fingerprint density at radius 2 is 0.759 bits per heavy atom. The van der Waals surface area contributed by atoms with Crippen LogP contribution in [0, 0.1) is 0 Å². The minimum Gasteiger partial charge on any atom is -0.456 e. The molecule has 0 atom stereocenters. The van der Waals surface area contributed by atoms with E-state index in [0.29, 0.717) is 0 Å². The highest BCUT2D eigenvalue weighted by Gasteiger charge is 2.56. The van der Waals surface area contributed by atoms with Gasteiger partial charge in [0.1, 0.15) is 11.2 Å². The summed E-state index contributed by atoms with van der Waals surface area (Å²) in [4.78, 5) is 2.40. The lowest BCUT2D eigenvalue weighted by atomic mass is 9.51. The fraction of sp³-hybridized carbons (Fsp3) is 0.0357. The van der Waals surface area contributed by atoms with Crippen LogP contribution in [0.15, 0.2) is 229 Å². The third-order valence-electron chi connectivity index (χ3n) is 12.8. The van der Waals surface area contributed by atoms with Crippen molar-refractivity contribution in [2.75, 3.05) is 4.90 Å². The molecule has 1 spiro atoms. The average molecular weight is 740 g/mol. The molecule has 1 aromatic heterocycles. The molecule has 0 amide bonds. The Balaban J connectivity index is 1.17. The van der Waals surface area contributed by atoms with Crippen LogP contribution in [0.25, 0.3) is 33.1 Å². The third kappa shape index (κ3) is 4.37. The number of anilines is 3. The molecule has 0 unspecified atom stereocenters. The van der Waals surface area contributed by atoms with Gasteiger partial charge in [-0.25, -0.2) is 0 Å². The van der Waals surface area contributed by atoms with Crippen LogP contribution in [0.5, 0.6) is 0 Å². The van der Waals surface area contributed by atoms with Gasteiger partial charge in [-0.3, -0.25) is 0 Å². The molecule has 2 aliphatic carbocycles. The van der Waals surface area contributed by atoms with Crippen molar-refractivity contribution in [1.29, 1.82) is 0 Å². The number of hydrogen-bond donors (Lipinski definition) is 0. The Labute approximate surface area is 337 Å². The van der Waals surface area contributed by atoms with Gasteiger partial charge in [-0.2, -0.15) is 0 Å². The molecule has 1 heterocycles. The maximum atomic E-state index is 6.30. The number of rotatable bonds is 5. The summed E-state index contributed by atoms with van der Waals surface area (Å²) in [6.45, 7) is 0. The minimum absolute atomic E-state index is 0.547. The van der Waals surface area contributed by atoms with E-state index in [1.165, 1.54) is 55.6 Å². The summed E-state index contributed by atoms with van der Waals surface area (Å²) in [6, 6.07) is 82.6. The number of hydrogen-bond acceptors (Lipinski definition) is 2. The number of benzene rings is 9. The van der Waals surface area contributed by atoms with Gasteiger partial charge in [-0.15, -0.1) is 0 Å². The summed E-state index contributed by atoms with van der Waals surface area (Å²) in [5, 5.41) is 2.22. The largest absolute Gasteiger partial charge is 0.456 e. The SMILES string of the molecule is c1ccc(N(c2ccc3c(c2)C2(c4ccccc4-3)c3ccccc3C(c3ccccc3)(c3ccccc3)c3ccccc32)c2ccc3oc4ccccc4c3c2)cc1. The van der Waals surface area contributed by atoms with Crippen LogP contribution in [-0.4, -0.2) is 0 Å². The number of nitrogens with zero attached hydrogens (tertiary/aromatic N) is 1. The lowest BCUT2D eigenvalue weighted by Crippen LogP contribution is -2.44. The van der Waals surface area contributed by atoms with Crippen molar-refractivity contribution in [2.45, 2.75) is 10.8 Å². The molecule has 272 valence electrons. The highest BCUT2D eigenvalue weighted by Crippen LogP contribution is 2.65. The molecule has 0 aliphatic heterocycles. The fourth-order valence-electron chi connectivity index (χ4n) is 10.6.